The lowest BCUT2D eigenvalue weighted by Crippen LogP contribution is -2.33. The summed E-state index contributed by atoms with van der Waals surface area (Å²) in [5, 5.41) is 2.91. The highest BCUT2D eigenvalue weighted by molar-refractivity contribution is 7.89. The second-order valence-electron chi connectivity index (χ2n) is 8.98. The van der Waals surface area contributed by atoms with Crippen molar-refractivity contribution in [3.05, 3.63) is 65.2 Å². The number of rotatable bonds is 8. The van der Waals surface area contributed by atoms with Crippen molar-refractivity contribution in [2.75, 3.05) is 7.05 Å². The molecule has 0 saturated heterocycles. The quantitative estimate of drug-likeness (QED) is 0.680. The van der Waals surface area contributed by atoms with Gasteiger partial charge in [0.15, 0.2) is 0 Å². The van der Waals surface area contributed by atoms with Gasteiger partial charge >= 0.3 is 0 Å². The number of benzene rings is 2. The van der Waals surface area contributed by atoms with Crippen molar-refractivity contribution in [1.82, 2.24) is 9.62 Å². The fourth-order valence-corrected chi connectivity index (χ4v) is 4.31. The number of amides is 1. The SMILES string of the molecule is CC(C)N(C)S(=O)(=O)c1ccc(CNC(=O)CCc2ccc(C(C)(C)C)cc2)cc1. The second kappa shape index (κ2) is 9.75. The van der Waals surface area contributed by atoms with Gasteiger partial charge in [0, 0.05) is 26.1 Å². The number of nitrogens with zero attached hydrogens (tertiary/aromatic N) is 1. The Kier molecular flexibility index (Phi) is 7.83. The first-order valence-corrected chi connectivity index (χ1v) is 11.8. The van der Waals surface area contributed by atoms with Crippen LogP contribution in [-0.4, -0.2) is 31.7 Å². The van der Waals surface area contributed by atoms with Crippen molar-refractivity contribution >= 4 is 15.9 Å². The lowest BCUT2D eigenvalue weighted by Gasteiger charge is -2.21. The minimum absolute atomic E-state index is 0.0221. The van der Waals surface area contributed by atoms with Crippen LogP contribution < -0.4 is 5.32 Å². The minimum atomic E-state index is -3.49. The zero-order valence-electron chi connectivity index (χ0n) is 18.9. The lowest BCUT2D eigenvalue weighted by atomic mass is 9.86. The third-order valence-corrected chi connectivity index (χ3v) is 7.33. The standard InChI is InChI=1S/C24H34N2O3S/c1-18(2)26(6)30(28,29)22-14-9-20(10-15-22)17-25-23(27)16-11-19-7-12-21(13-8-19)24(3,4)5/h7-10,12-15,18H,11,16-17H2,1-6H3,(H,25,27). The summed E-state index contributed by atoms with van der Waals surface area (Å²) in [6.45, 7) is 10.6. The number of hydrogen-bond acceptors (Lipinski definition) is 3. The average molecular weight is 431 g/mol. The zero-order chi connectivity index (χ0) is 22.5. The van der Waals surface area contributed by atoms with Gasteiger partial charge in [0.25, 0.3) is 0 Å². The van der Waals surface area contributed by atoms with Crippen molar-refractivity contribution in [3.63, 3.8) is 0 Å². The van der Waals surface area contributed by atoms with E-state index in [-0.39, 0.29) is 22.3 Å². The predicted octanol–water partition coefficient (Wildman–Crippen LogP) is 4.26. The molecule has 164 valence electrons. The van der Waals surface area contributed by atoms with Crippen LogP contribution in [-0.2, 0) is 33.2 Å². The molecule has 0 aliphatic heterocycles. The van der Waals surface area contributed by atoms with Crippen LogP contribution in [0.2, 0.25) is 0 Å². The van der Waals surface area contributed by atoms with Gasteiger partial charge in [-0.25, -0.2) is 8.42 Å². The van der Waals surface area contributed by atoms with Crippen molar-refractivity contribution in [1.29, 1.82) is 0 Å². The highest BCUT2D eigenvalue weighted by Gasteiger charge is 2.22. The zero-order valence-corrected chi connectivity index (χ0v) is 19.7. The van der Waals surface area contributed by atoms with Crippen molar-refractivity contribution in [2.45, 2.75) is 70.4 Å². The molecule has 0 atom stereocenters. The predicted molar refractivity (Wildman–Crippen MR) is 122 cm³/mol. The number of sulfonamides is 1. The Hall–Kier alpha value is -2.18. The number of hydrogen-bond donors (Lipinski definition) is 1. The number of carbonyl (C=O) groups is 1. The summed E-state index contributed by atoms with van der Waals surface area (Å²) in [4.78, 5) is 12.4. The molecule has 2 rings (SSSR count). The van der Waals surface area contributed by atoms with E-state index in [4.69, 9.17) is 0 Å². The smallest absolute Gasteiger partial charge is 0.243 e. The van der Waals surface area contributed by atoms with Crippen LogP contribution in [0, 0.1) is 0 Å². The molecular formula is C24H34N2O3S. The molecule has 0 saturated carbocycles. The third kappa shape index (κ3) is 6.41. The van der Waals surface area contributed by atoms with Gasteiger partial charge < -0.3 is 5.32 Å². The summed E-state index contributed by atoms with van der Waals surface area (Å²) in [5.41, 5.74) is 3.40. The Morgan fingerprint density at radius 3 is 2.00 bits per heavy atom. The van der Waals surface area contributed by atoms with Crippen molar-refractivity contribution in [2.24, 2.45) is 0 Å². The summed E-state index contributed by atoms with van der Waals surface area (Å²) in [5.74, 6) is -0.0221. The first-order valence-electron chi connectivity index (χ1n) is 10.3. The molecule has 0 aliphatic carbocycles. The first-order chi connectivity index (χ1) is 13.9. The topological polar surface area (TPSA) is 66.5 Å². The van der Waals surface area contributed by atoms with E-state index >= 15 is 0 Å². The van der Waals surface area contributed by atoms with E-state index in [1.807, 2.05) is 13.8 Å². The maximum Gasteiger partial charge on any atom is 0.243 e. The normalized spacial score (nSPS) is 12.4. The molecule has 2 aromatic carbocycles. The van der Waals surface area contributed by atoms with Gasteiger partial charge in [0.1, 0.15) is 0 Å². The summed E-state index contributed by atoms with van der Waals surface area (Å²) in [6, 6.07) is 15.0. The molecule has 2 aromatic rings. The van der Waals surface area contributed by atoms with Gasteiger partial charge in [0.2, 0.25) is 15.9 Å². The van der Waals surface area contributed by atoms with E-state index in [1.165, 1.54) is 9.87 Å². The minimum Gasteiger partial charge on any atom is -0.352 e. The monoisotopic (exact) mass is 430 g/mol. The first kappa shape index (κ1) is 24.1. The molecule has 30 heavy (non-hydrogen) atoms. The van der Waals surface area contributed by atoms with Gasteiger partial charge in [0.05, 0.1) is 4.90 Å². The Labute approximate surface area is 181 Å². The number of aryl methyl sites for hydroxylation is 1. The Morgan fingerprint density at radius 2 is 1.50 bits per heavy atom. The van der Waals surface area contributed by atoms with E-state index < -0.39 is 10.0 Å². The molecule has 0 heterocycles. The van der Waals surface area contributed by atoms with Crippen LogP contribution in [0.25, 0.3) is 0 Å². The van der Waals surface area contributed by atoms with Gasteiger partial charge in [-0.3, -0.25) is 4.79 Å². The van der Waals surface area contributed by atoms with Gasteiger partial charge in [-0.1, -0.05) is 57.2 Å². The molecule has 1 N–H and O–H groups in total. The largest absolute Gasteiger partial charge is 0.352 e. The maximum atomic E-state index is 12.5. The molecule has 0 fully saturated rings. The maximum absolute atomic E-state index is 12.5. The van der Waals surface area contributed by atoms with E-state index in [0.29, 0.717) is 19.4 Å². The van der Waals surface area contributed by atoms with Crippen LogP contribution in [0.3, 0.4) is 0 Å². The highest BCUT2D eigenvalue weighted by Crippen LogP contribution is 2.22. The van der Waals surface area contributed by atoms with Crippen LogP contribution in [0.1, 0.15) is 57.7 Å². The number of carbonyl (C=O) groups excluding carboxylic acids is 1. The molecule has 0 unspecified atom stereocenters. The molecule has 0 aliphatic rings. The van der Waals surface area contributed by atoms with Crippen LogP contribution in [0.5, 0.6) is 0 Å². The summed E-state index contributed by atoms with van der Waals surface area (Å²) >= 11 is 0. The van der Waals surface area contributed by atoms with Crippen LogP contribution >= 0.6 is 0 Å². The molecule has 1 amide bonds. The summed E-state index contributed by atoms with van der Waals surface area (Å²) < 4.78 is 26.4. The van der Waals surface area contributed by atoms with Crippen LogP contribution in [0.15, 0.2) is 53.4 Å². The summed E-state index contributed by atoms with van der Waals surface area (Å²) in [6.07, 6.45) is 1.11. The number of nitrogens with one attached hydrogen (secondary N) is 1. The summed E-state index contributed by atoms with van der Waals surface area (Å²) in [7, 11) is -1.92. The molecule has 0 aromatic heterocycles. The lowest BCUT2D eigenvalue weighted by molar-refractivity contribution is -0.121. The molecule has 5 nitrogen and oxygen atoms in total. The Morgan fingerprint density at radius 1 is 0.967 bits per heavy atom. The van der Waals surface area contributed by atoms with Gasteiger partial charge in [-0.15, -0.1) is 0 Å². The fourth-order valence-electron chi connectivity index (χ4n) is 2.94. The molecule has 0 bridgehead atoms. The van der Waals surface area contributed by atoms with Gasteiger partial charge in [-0.2, -0.15) is 4.31 Å². The molecular weight excluding hydrogens is 396 g/mol. The van der Waals surface area contributed by atoms with Crippen molar-refractivity contribution in [3.8, 4) is 0 Å². The van der Waals surface area contributed by atoms with Crippen molar-refractivity contribution < 1.29 is 13.2 Å². The average Bonchev–Trinajstić information content (AvgIpc) is 2.70. The van der Waals surface area contributed by atoms with Gasteiger partial charge in [-0.05, 0) is 54.5 Å². The van der Waals surface area contributed by atoms with Crippen LogP contribution in [0.4, 0.5) is 0 Å². The third-order valence-electron chi connectivity index (χ3n) is 5.28. The van der Waals surface area contributed by atoms with E-state index in [0.717, 1.165) is 11.1 Å². The Balaban J connectivity index is 1.86. The highest BCUT2D eigenvalue weighted by atomic mass is 32.2. The molecule has 0 spiro atoms. The van der Waals surface area contributed by atoms with E-state index in [2.05, 4.69) is 50.4 Å². The van der Waals surface area contributed by atoms with E-state index in [9.17, 15) is 13.2 Å². The van der Waals surface area contributed by atoms with E-state index in [1.54, 1.807) is 31.3 Å². The molecule has 6 heteroatoms. The second-order valence-corrected chi connectivity index (χ2v) is 11.0. The Bertz CT molecular complexity index is 941. The molecule has 0 radical (unpaired) electrons. The fraction of sp³-hybridized carbons (Fsp3) is 0.458.